The van der Waals surface area contributed by atoms with E-state index < -0.39 is 5.97 Å². The SMILES string of the molecule is CCn1c(C(=O)O)cnc1CN1CCOCC1. The number of imidazole rings is 1. The molecule has 1 N–H and O–H groups in total. The van der Waals surface area contributed by atoms with E-state index in [4.69, 9.17) is 9.84 Å². The average Bonchev–Trinajstić information content (AvgIpc) is 2.73. The van der Waals surface area contributed by atoms with Gasteiger partial charge in [0.15, 0.2) is 0 Å². The molecule has 2 rings (SSSR count). The number of aromatic carboxylic acids is 1. The van der Waals surface area contributed by atoms with Crippen molar-refractivity contribution in [2.24, 2.45) is 0 Å². The van der Waals surface area contributed by atoms with Crippen LogP contribution < -0.4 is 0 Å². The van der Waals surface area contributed by atoms with Gasteiger partial charge in [-0.15, -0.1) is 0 Å². The van der Waals surface area contributed by atoms with Gasteiger partial charge in [-0.25, -0.2) is 9.78 Å². The van der Waals surface area contributed by atoms with E-state index in [0.29, 0.717) is 13.1 Å². The number of morpholine rings is 1. The molecule has 2 heterocycles. The molecule has 0 amide bonds. The van der Waals surface area contributed by atoms with Crippen LogP contribution in [0.25, 0.3) is 0 Å². The summed E-state index contributed by atoms with van der Waals surface area (Å²) in [6.07, 6.45) is 1.43. The summed E-state index contributed by atoms with van der Waals surface area (Å²) in [6, 6.07) is 0. The van der Waals surface area contributed by atoms with Crippen molar-refractivity contribution in [1.29, 1.82) is 0 Å². The zero-order chi connectivity index (χ0) is 12.3. The van der Waals surface area contributed by atoms with Crippen molar-refractivity contribution in [1.82, 2.24) is 14.5 Å². The Morgan fingerprint density at radius 1 is 1.53 bits per heavy atom. The second-order valence-corrected chi connectivity index (χ2v) is 4.00. The topological polar surface area (TPSA) is 67.6 Å². The summed E-state index contributed by atoms with van der Waals surface area (Å²) in [4.78, 5) is 17.4. The normalized spacial score (nSPS) is 17.2. The monoisotopic (exact) mass is 239 g/mol. The van der Waals surface area contributed by atoms with E-state index in [2.05, 4.69) is 9.88 Å². The molecule has 0 saturated carbocycles. The van der Waals surface area contributed by atoms with E-state index in [1.54, 1.807) is 4.57 Å². The maximum absolute atomic E-state index is 11.0. The lowest BCUT2D eigenvalue weighted by molar-refractivity contribution is 0.0325. The summed E-state index contributed by atoms with van der Waals surface area (Å²) < 4.78 is 7.02. The van der Waals surface area contributed by atoms with Gasteiger partial charge in [-0.3, -0.25) is 4.90 Å². The fourth-order valence-electron chi connectivity index (χ4n) is 2.02. The molecule has 0 unspecified atom stereocenters. The highest BCUT2D eigenvalue weighted by Crippen LogP contribution is 2.10. The Bertz CT molecular complexity index is 397. The van der Waals surface area contributed by atoms with Crippen LogP contribution in [0.2, 0.25) is 0 Å². The second-order valence-electron chi connectivity index (χ2n) is 4.00. The molecule has 94 valence electrons. The standard InChI is InChI=1S/C11H17N3O3/c1-2-14-9(11(15)16)7-12-10(14)8-13-3-5-17-6-4-13/h7H,2-6,8H2,1H3,(H,15,16). The molecule has 6 nitrogen and oxygen atoms in total. The Morgan fingerprint density at radius 2 is 2.24 bits per heavy atom. The molecule has 6 heteroatoms. The number of carboxylic acids is 1. The Kier molecular flexibility index (Phi) is 3.75. The molecule has 1 aliphatic rings. The van der Waals surface area contributed by atoms with Crippen molar-refractivity contribution in [2.75, 3.05) is 26.3 Å². The van der Waals surface area contributed by atoms with E-state index in [0.717, 1.165) is 32.1 Å². The molecule has 0 aliphatic carbocycles. The van der Waals surface area contributed by atoms with Crippen molar-refractivity contribution >= 4 is 5.97 Å². The summed E-state index contributed by atoms with van der Waals surface area (Å²) >= 11 is 0. The van der Waals surface area contributed by atoms with Crippen molar-refractivity contribution < 1.29 is 14.6 Å². The maximum atomic E-state index is 11.0. The van der Waals surface area contributed by atoms with Gasteiger partial charge in [0.05, 0.1) is 26.0 Å². The molecule has 1 aromatic heterocycles. The molecule has 0 spiro atoms. The zero-order valence-corrected chi connectivity index (χ0v) is 9.93. The first-order valence-corrected chi connectivity index (χ1v) is 5.80. The minimum Gasteiger partial charge on any atom is -0.477 e. The van der Waals surface area contributed by atoms with E-state index in [1.807, 2.05) is 6.92 Å². The number of ether oxygens (including phenoxy) is 1. The van der Waals surface area contributed by atoms with Crippen LogP contribution >= 0.6 is 0 Å². The first-order valence-electron chi connectivity index (χ1n) is 5.80. The first-order chi connectivity index (χ1) is 8.22. The quantitative estimate of drug-likeness (QED) is 0.825. The summed E-state index contributed by atoms with van der Waals surface area (Å²) in [6.45, 7) is 6.46. The van der Waals surface area contributed by atoms with Gasteiger partial charge in [0.2, 0.25) is 0 Å². The predicted molar refractivity (Wildman–Crippen MR) is 61.0 cm³/mol. The molecule has 17 heavy (non-hydrogen) atoms. The number of hydrogen-bond acceptors (Lipinski definition) is 4. The molecule has 0 radical (unpaired) electrons. The van der Waals surface area contributed by atoms with Crippen molar-refractivity contribution in [3.05, 3.63) is 17.7 Å². The third-order valence-corrected chi connectivity index (χ3v) is 2.94. The highest BCUT2D eigenvalue weighted by atomic mass is 16.5. The van der Waals surface area contributed by atoms with E-state index in [1.165, 1.54) is 6.20 Å². The van der Waals surface area contributed by atoms with Gasteiger partial charge >= 0.3 is 5.97 Å². The smallest absolute Gasteiger partial charge is 0.354 e. The van der Waals surface area contributed by atoms with Gasteiger partial charge < -0.3 is 14.4 Å². The Balaban J connectivity index is 2.12. The second kappa shape index (κ2) is 5.29. The minimum atomic E-state index is -0.924. The first kappa shape index (κ1) is 12.1. The highest BCUT2D eigenvalue weighted by molar-refractivity contribution is 5.85. The Hall–Kier alpha value is -1.40. The van der Waals surface area contributed by atoms with Gasteiger partial charge in [0.25, 0.3) is 0 Å². The number of carboxylic acid groups (broad SMARTS) is 1. The third kappa shape index (κ3) is 2.65. The highest BCUT2D eigenvalue weighted by Gasteiger charge is 2.17. The average molecular weight is 239 g/mol. The number of carbonyl (C=O) groups is 1. The number of nitrogens with zero attached hydrogens (tertiary/aromatic N) is 3. The molecule has 1 fully saturated rings. The summed E-state index contributed by atoms with van der Waals surface area (Å²) in [5.41, 5.74) is 0.260. The van der Waals surface area contributed by atoms with Gasteiger partial charge in [-0.05, 0) is 6.92 Å². The zero-order valence-electron chi connectivity index (χ0n) is 9.93. The molecule has 1 aromatic rings. The van der Waals surface area contributed by atoms with Crippen LogP contribution in [0.3, 0.4) is 0 Å². The van der Waals surface area contributed by atoms with Gasteiger partial charge in [-0.1, -0.05) is 0 Å². The van der Waals surface area contributed by atoms with Crippen LogP contribution in [-0.2, 0) is 17.8 Å². The molecule has 1 saturated heterocycles. The van der Waals surface area contributed by atoms with Crippen molar-refractivity contribution in [3.8, 4) is 0 Å². The summed E-state index contributed by atoms with van der Waals surface area (Å²) in [5, 5.41) is 9.02. The largest absolute Gasteiger partial charge is 0.477 e. The fourth-order valence-corrected chi connectivity index (χ4v) is 2.02. The lowest BCUT2D eigenvalue weighted by atomic mass is 10.4. The molecular weight excluding hydrogens is 222 g/mol. The van der Waals surface area contributed by atoms with Gasteiger partial charge in [-0.2, -0.15) is 0 Å². The van der Waals surface area contributed by atoms with Gasteiger partial charge in [0, 0.05) is 19.6 Å². The Labute approximate surface area is 99.8 Å². The molecule has 0 bridgehead atoms. The van der Waals surface area contributed by atoms with Crippen LogP contribution in [0, 0.1) is 0 Å². The molecule has 0 atom stereocenters. The summed E-state index contributed by atoms with van der Waals surface area (Å²) in [5.74, 6) is -0.112. The van der Waals surface area contributed by atoms with Crippen LogP contribution in [0.15, 0.2) is 6.20 Å². The number of hydrogen-bond donors (Lipinski definition) is 1. The molecule has 0 aromatic carbocycles. The fraction of sp³-hybridized carbons (Fsp3) is 0.636. The predicted octanol–water partition coefficient (Wildman–Crippen LogP) is 0.433. The molecular formula is C11H17N3O3. The van der Waals surface area contributed by atoms with Crippen LogP contribution in [0.4, 0.5) is 0 Å². The number of aromatic nitrogens is 2. The van der Waals surface area contributed by atoms with Crippen molar-refractivity contribution in [3.63, 3.8) is 0 Å². The van der Waals surface area contributed by atoms with E-state index in [-0.39, 0.29) is 5.69 Å². The Morgan fingerprint density at radius 3 is 2.82 bits per heavy atom. The van der Waals surface area contributed by atoms with E-state index >= 15 is 0 Å². The maximum Gasteiger partial charge on any atom is 0.354 e. The van der Waals surface area contributed by atoms with E-state index in [9.17, 15) is 4.79 Å². The van der Waals surface area contributed by atoms with Crippen LogP contribution in [-0.4, -0.2) is 51.8 Å². The van der Waals surface area contributed by atoms with Gasteiger partial charge in [0.1, 0.15) is 11.5 Å². The lowest BCUT2D eigenvalue weighted by Crippen LogP contribution is -2.36. The third-order valence-electron chi connectivity index (χ3n) is 2.94. The lowest BCUT2D eigenvalue weighted by Gasteiger charge is -2.26. The number of rotatable bonds is 4. The van der Waals surface area contributed by atoms with Crippen molar-refractivity contribution in [2.45, 2.75) is 20.0 Å². The minimum absolute atomic E-state index is 0.260. The van der Waals surface area contributed by atoms with Crippen LogP contribution in [0.1, 0.15) is 23.2 Å². The summed E-state index contributed by atoms with van der Waals surface area (Å²) in [7, 11) is 0. The van der Waals surface area contributed by atoms with Crippen LogP contribution in [0.5, 0.6) is 0 Å². The molecule has 1 aliphatic heterocycles.